The van der Waals surface area contributed by atoms with E-state index in [1.54, 1.807) is 18.2 Å². The Morgan fingerprint density at radius 2 is 1.12 bits per heavy atom. The largest absolute Gasteiger partial charge is 0.508 e. The van der Waals surface area contributed by atoms with Gasteiger partial charge in [-0.15, -0.1) is 0 Å². The average molecular weight is 576 g/mol. The number of rotatable bonds is 13. The number of carbonyl (C=O) groups is 2. The molecule has 228 valence electrons. The number of hydrogen-bond donors (Lipinski definition) is 4. The maximum absolute atomic E-state index is 11.8. The van der Waals surface area contributed by atoms with Crippen molar-refractivity contribution in [1.82, 2.24) is 5.32 Å². The molecule has 0 unspecified atom stereocenters. The molecule has 6 nitrogen and oxygen atoms in total. The maximum Gasteiger partial charge on any atom is 0.335 e. The van der Waals surface area contributed by atoms with E-state index < -0.39 is 5.97 Å². The Morgan fingerprint density at radius 1 is 0.690 bits per heavy atom. The molecule has 0 saturated heterocycles. The zero-order valence-corrected chi connectivity index (χ0v) is 26.4. The van der Waals surface area contributed by atoms with Gasteiger partial charge in [0, 0.05) is 12.1 Å². The summed E-state index contributed by atoms with van der Waals surface area (Å²) in [7, 11) is 0. The summed E-state index contributed by atoms with van der Waals surface area (Å²) in [5, 5.41) is 31.4. The van der Waals surface area contributed by atoms with Crippen LogP contribution < -0.4 is 5.32 Å². The van der Waals surface area contributed by atoms with Crippen LogP contribution in [-0.4, -0.2) is 33.7 Å². The second-order valence-electron chi connectivity index (χ2n) is 11.0. The number of amides is 1. The monoisotopic (exact) mass is 575 g/mol. The lowest BCUT2D eigenvalue weighted by Gasteiger charge is -2.07. The molecule has 0 bridgehead atoms. The zero-order chi connectivity index (χ0) is 31.7. The van der Waals surface area contributed by atoms with Crippen molar-refractivity contribution in [1.29, 1.82) is 0 Å². The summed E-state index contributed by atoms with van der Waals surface area (Å²) in [5.74, 6) is -0.701. The molecule has 0 aliphatic carbocycles. The molecule has 0 heterocycles. The standard InChI is InChI=1S/C19H27NO2.C17H22O3/c1-5-20-19(22)17-11-12-18(21)16(13-17)10-9-15(4)8-6-7-14(2)3;1-12(2)5-4-6-13(3)7-8-14-11-15(17(19)20)9-10-16(14)18/h7,9,11-13,21H,5-6,8,10H2,1-4H3,(H,20,22);5,7,9-11,18H,4,6,8H2,1-3H3,(H,19,20)/b15-9+;13-7+. The van der Waals surface area contributed by atoms with E-state index in [2.05, 4.69) is 65.1 Å². The average Bonchev–Trinajstić information content (AvgIpc) is 2.92. The molecular formula is C36H49NO5. The van der Waals surface area contributed by atoms with Crippen LogP contribution in [0, 0.1) is 0 Å². The van der Waals surface area contributed by atoms with Gasteiger partial charge >= 0.3 is 5.97 Å². The molecule has 0 radical (unpaired) electrons. The van der Waals surface area contributed by atoms with Gasteiger partial charge in [0.2, 0.25) is 0 Å². The van der Waals surface area contributed by atoms with Gasteiger partial charge < -0.3 is 20.6 Å². The Kier molecular flexibility index (Phi) is 16.4. The number of benzene rings is 2. The number of phenolic OH excluding ortho intramolecular Hbond substituents is 2. The summed E-state index contributed by atoms with van der Waals surface area (Å²) in [6.45, 7) is 15.0. The Labute approximate surface area is 252 Å². The number of hydrogen-bond acceptors (Lipinski definition) is 4. The minimum absolute atomic E-state index is 0.104. The quantitative estimate of drug-likeness (QED) is 0.179. The van der Waals surface area contributed by atoms with Gasteiger partial charge in [0.15, 0.2) is 0 Å². The highest BCUT2D eigenvalue weighted by Crippen LogP contribution is 2.22. The van der Waals surface area contributed by atoms with Crippen LogP contribution in [0.15, 0.2) is 83.0 Å². The minimum atomic E-state index is -0.976. The zero-order valence-electron chi connectivity index (χ0n) is 26.4. The van der Waals surface area contributed by atoms with Crippen molar-refractivity contribution in [3.63, 3.8) is 0 Å². The third-order valence-corrected chi connectivity index (χ3v) is 6.53. The molecule has 2 aromatic carbocycles. The van der Waals surface area contributed by atoms with Gasteiger partial charge in [0.25, 0.3) is 5.91 Å². The van der Waals surface area contributed by atoms with Gasteiger partial charge in [-0.1, -0.05) is 46.6 Å². The number of nitrogens with one attached hydrogen (secondary N) is 1. The van der Waals surface area contributed by atoms with Crippen LogP contribution >= 0.6 is 0 Å². The highest BCUT2D eigenvalue weighted by molar-refractivity contribution is 5.94. The highest BCUT2D eigenvalue weighted by atomic mass is 16.4. The summed E-state index contributed by atoms with van der Waals surface area (Å²) < 4.78 is 0. The lowest BCUT2D eigenvalue weighted by Crippen LogP contribution is -2.22. The molecule has 0 spiro atoms. The van der Waals surface area contributed by atoms with Gasteiger partial charge in [-0.05, 0) is 135 Å². The summed E-state index contributed by atoms with van der Waals surface area (Å²) in [6.07, 6.45) is 13.8. The fourth-order valence-electron chi connectivity index (χ4n) is 3.98. The summed E-state index contributed by atoms with van der Waals surface area (Å²) in [5.41, 5.74) is 7.39. The first kappa shape index (κ1) is 36.0. The smallest absolute Gasteiger partial charge is 0.335 e. The fourth-order valence-corrected chi connectivity index (χ4v) is 3.98. The molecule has 0 fully saturated rings. The molecule has 4 N–H and O–H groups in total. The van der Waals surface area contributed by atoms with Crippen molar-refractivity contribution >= 4 is 11.9 Å². The van der Waals surface area contributed by atoms with Gasteiger partial charge in [-0.25, -0.2) is 4.79 Å². The van der Waals surface area contributed by atoms with E-state index in [4.69, 9.17) is 5.11 Å². The second kappa shape index (κ2) is 19.1. The Bertz CT molecular complexity index is 1310. The van der Waals surface area contributed by atoms with Gasteiger partial charge in [-0.2, -0.15) is 0 Å². The molecule has 0 aromatic heterocycles. The number of aromatic carboxylic acids is 1. The number of carboxylic acids is 1. The molecule has 2 aromatic rings. The lowest BCUT2D eigenvalue weighted by molar-refractivity contribution is 0.0696. The van der Waals surface area contributed by atoms with Crippen molar-refractivity contribution in [2.45, 2.75) is 87.0 Å². The van der Waals surface area contributed by atoms with E-state index in [1.165, 1.54) is 40.5 Å². The first-order chi connectivity index (χ1) is 19.8. The Balaban J connectivity index is 0.000000422. The van der Waals surface area contributed by atoms with E-state index in [0.717, 1.165) is 31.2 Å². The van der Waals surface area contributed by atoms with Crippen molar-refractivity contribution in [2.75, 3.05) is 6.54 Å². The van der Waals surface area contributed by atoms with Crippen LogP contribution in [0.1, 0.15) is 106 Å². The van der Waals surface area contributed by atoms with Crippen LogP contribution in [0.2, 0.25) is 0 Å². The van der Waals surface area contributed by atoms with E-state index in [9.17, 15) is 19.8 Å². The molecule has 1 amide bonds. The third-order valence-electron chi connectivity index (χ3n) is 6.53. The molecule has 2 rings (SSSR count). The SMILES string of the molecule is CC(C)=CCC/C(C)=C/Cc1cc(C(=O)O)ccc1O.CCNC(=O)c1ccc(O)c(C/C=C(\C)CCC=C(C)C)c1. The molecular weight excluding hydrogens is 526 g/mol. The van der Waals surface area contributed by atoms with E-state index in [1.807, 2.05) is 13.0 Å². The number of aromatic hydroxyl groups is 2. The molecule has 6 heteroatoms. The molecule has 0 aliphatic rings. The van der Waals surface area contributed by atoms with Gasteiger partial charge in [-0.3, -0.25) is 4.79 Å². The normalized spacial score (nSPS) is 11.2. The fraction of sp³-hybridized carbons (Fsp3) is 0.389. The first-order valence-corrected chi connectivity index (χ1v) is 14.6. The summed E-state index contributed by atoms with van der Waals surface area (Å²) in [6, 6.07) is 9.37. The third kappa shape index (κ3) is 14.5. The molecule has 42 heavy (non-hydrogen) atoms. The van der Waals surface area contributed by atoms with Crippen molar-refractivity contribution in [2.24, 2.45) is 0 Å². The predicted molar refractivity (Wildman–Crippen MR) is 173 cm³/mol. The van der Waals surface area contributed by atoms with E-state index in [0.29, 0.717) is 30.5 Å². The van der Waals surface area contributed by atoms with Crippen LogP contribution in [0.5, 0.6) is 11.5 Å². The van der Waals surface area contributed by atoms with Crippen LogP contribution in [0.3, 0.4) is 0 Å². The van der Waals surface area contributed by atoms with Crippen molar-refractivity contribution in [3.05, 3.63) is 105 Å². The topological polar surface area (TPSA) is 107 Å². The van der Waals surface area contributed by atoms with Gasteiger partial charge in [0.05, 0.1) is 5.56 Å². The number of allylic oxidation sites excluding steroid dienone is 8. The highest BCUT2D eigenvalue weighted by Gasteiger charge is 2.08. The number of carboxylic acid groups (broad SMARTS) is 1. The molecule has 0 aliphatic heterocycles. The van der Waals surface area contributed by atoms with Crippen LogP contribution in [0.25, 0.3) is 0 Å². The lowest BCUT2D eigenvalue weighted by atomic mass is 10.0. The summed E-state index contributed by atoms with van der Waals surface area (Å²) >= 11 is 0. The van der Waals surface area contributed by atoms with Crippen molar-refractivity contribution in [3.8, 4) is 11.5 Å². The van der Waals surface area contributed by atoms with Crippen LogP contribution in [0.4, 0.5) is 0 Å². The minimum Gasteiger partial charge on any atom is -0.508 e. The van der Waals surface area contributed by atoms with Crippen molar-refractivity contribution < 1.29 is 24.9 Å². The van der Waals surface area contributed by atoms with E-state index in [-0.39, 0.29) is 23.0 Å². The Hall–Kier alpha value is -4.06. The van der Waals surface area contributed by atoms with Crippen LogP contribution in [-0.2, 0) is 12.8 Å². The van der Waals surface area contributed by atoms with Gasteiger partial charge in [0.1, 0.15) is 11.5 Å². The molecule has 0 saturated carbocycles. The number of phenols is 2. The van der Waals surface area contributed by atoms with E-state index >= 15 is 0 Å². The maximum atomic E-state index is 11.8. The first-order valence-electron chi connectivity index (χ1n) is 14.6. The molecule has 0 atom stereocenters. The Morgan fingerprint density at radius 3 is 1.52 bits per heavy atom. The predicted octanol–water partition coefficient (Wildman–Crippen LogP) is 8.70. The summed E-state index contributed by atoms with van der Waals surface area (Å²) in [4.78, 5) is 22.7. The number of carbonyl (C=O) groups excluding carboxylic acids is 1. The second-order valence-corrected chi connectivity index (χ2v) is 11.0.